The van der Waals surface area contributed by atoms with Crippen LogP contribution in [0.5, 0.6) is 0 Å². The van der Waals surface area contributed by atoms with Crippen molar-refractivity contribution in [2.24, 2.45) is 5.92 Å². The summed E-state index contributed by atoms with van der Waals surface area (Å²) in [5, 5.41) is 2.90. The third-order valence-electron chi connectivity index (χ3n) is 3.54. The van der Waals surface area contributed by atoms with E-state index < -0.39 is 0 Å². The summed E-state index contributed by atoms with van der Waals surface area (Å²) >= 11 is 1.53. The van der Waals surface area contributed by atoms with Gasteiger partial charge in [-0.15, -0.1) is 11.3 Å². The molecule has 0 bridgehead atoms. The van der Waals surface area contributed by atoms with E-state index in [-0.39, 0.29) is 5.91 Å². The summed E-state index contributed by atoms with van der Waals surface area (Å²) in [6, 6.07) is 5.47. The van der Waals surface area contributed by atoms with Crippen LogP contribution in [0, 0.1) is 12.8 Å². The van der Waals surface area contributed by atoms with E-state index in [0.717, 1.165) is 17.0 Å². The van der Waals surface area contributed by atoms with E-state index in [0.29, 0.717) is 17.4 Å². The van der Waals surface area contributed by atoms with Crippen LogP contribution in [-0.4, -0.2) is 10.9 Å². The molecule has 0 aliphatic heterocycles. The Morgan fingerprint density at radius 3 is 3.05 bits per heavy atom. The largest absolute Gasteiger partial charge is 0.384 e. The zero-order valence-corrected chi connectivity index (χ0v) is 12.8. The van der Waals surface area contributed by atoms with Crippen LogP contribution in [0.3, 0.4) is 0 Å². The number of pyridine rings is 1. The van der Waals surface area contributed by atoms with Gasteiger partial charge in [0.25, 0.3) is 5.91 Å². The number of nitrogens with one attached hydrogen (secondary N) is 1. The Kier molecular flexibility index (Phi) is 3.51. The van der Waals surface area contributed by atoms with Gasteiger partial charge in [-0.1, -0.05) is 13.0 Å². The molecule has 1 aliphatic rings. The summed E-state index contributed by atoms with van der Waals surface area (Å²) in [4.78, 5) is 18.4. The number of aromatic nitrogens is 1. The summed E-state index contributed by atoms with van der Waals surface area (Å²) in [7, 11) is 0. The molecule has 0 saturated heterocycles. The first-order chi connectivity index (χ1) is 10.0. The number of hydrogen-bond acceptors (Lipinski definition) is 4. The number of allylic oxidation sites excluding steroid dienone is 1. The molecule has 3 N–H and O–H groups in total. The van der Waals surface area contributed by atoms with E-state index in [1.165, 1.54) is 21.8 Å². The van der Waals surface area contributed by atoms with E-state index in [1.807, 2.05) is 13.0 Å². The fourth-order valence-electron chi connectivity index (χ4n) is 2.42. The number of nitrogen functional groups attached to an aromatic ring is 1. The monoisotopic (exact) mass is 299 g/mol. The second-order valence-electron chi connectivity index (χ2n) is 5.36. The van der Waals surface area contributed by atoms with Crippen LogP contribution in [-0.2, 0) is 6.42 Å². The van der Waals surface area contributed by atoms with Gasteiger partial charge in [0.2, 0.25) is 0 Å². The van der Waals surface area contributed by atoms with Crippen LogP contribution in [0.1, 0.15) is 32.7 Å². The highest BCUT2D eigenvalue weighted by atomic mass is 32.1. The lowest BCUT2D eigenvalue weighted by atomic mass is 9.96. The van der Waals surface area contributed by atoms with Gasteiger partial charge in [0.15, 0.2) is 0 Å². The smallest absolute Gasteiger partial charge is 0.265 e. The molecule has 3 rings (SSSR count). The molecule has 1 aliphatic carbocycles. The number of nitrogens with zero attached hydrogens (tertiary/aromatic N) is 1. The molecule has 108 valence electrons. The molecule has 1 unspecified atom stereocenters. The highest BCUT2D eigenvalue weighted by Gasteiger charge is 2.18. The summed E-state index contributed by atoms with van der Waals surface area (Å²) < 4.78 is 0. The molecular weight excluding hydrogens is 282 g/mol. The lowest BCUT2D eigenvalue weighted by Crippen LogP contribution is -2.12. The fourth-order valence-corrected chi connectivity index (χ4v) is 3.42. The second kappa shape index (κ2) is 5.33. The van der Waals surface area contributed by atoms with Crippen molar-refractivity contribution >= 4 is 34.8 Å². The predicted molar refractivity (Wildman–Crippen MR) is 87.6 cm³/mol. The van der Waals surface area contributed by atoms with Crippen LogP contribution in [0.15, 0.2) is 24.3 Å². The summed E-state index contributed by atoms with van der Waals surface area (Å²) in [5.74, 6) is 0.896. The van der Waals surface area contributed by atoms with Gasteiger partial charge in [0.05, 0.1) is 16.3 Å². The topological polar surface area (TPSA) is 68.0 Å². The van der Waals surface area contributed by atoms with Crippen molar-refractivity contribution in [1.29, 1.82) is 0 Å². The Bertz CT molecular complexity index is 733. The van der Waals surface area contributed by atoms with E-state index in [1.54, 1.807) is 12.1 Å². The van der Waals surface area contributed by atoms with Gasteiger partial charge in [-0.3, -0.25) is 4.79 Å². The lowest BCUT2D eigenvalue weighted by molar-refractivity contribution is 0.103. The average molecular weight is 299 g/mol. The first kappa shape index (κ1) is 13.8. The Morgan fingerprint density at radius 1 is 1.48 bits per heavy atom. The minimum atomic E-state index is -0.0925. The first-order valence-electron chi connectivity index (χ1n) is 6.88. The van der Waals surface area contributed by atoms with E-state index >= 15 is 0 Å². The number of rotatable bonds is 2. The van der Waals surface area contributed by atoms with Gasteiger partial charge in [-0.25, -0.2) is 4.98 Å². The quantitative estimate of drug-likeness (QED) is 0.892. The van der Waals surface area contributed by atoms with Crippen LogP contribution in [0.2, 0.25) is 0 Å². The number of anilines is 2. The standard InChI is InChI=1S/C16H17N3OS/c1-9-3-5-13-11(7-9)8-14(21-13)16(20)19-12-4-6-15(17)18-10(12)2/h3-6,8-9H,7H2,1-2H3,(H2,17,18)(H,19,20). The number of amides is 1. The van der Waals surface area contributed by atoms with E-state index in [9.17, 15) is 4.79 Å². The van der Waals surface area contributed by atoms with Gasteiger partial charge in [0.1, 0.15) is 5.82 Å². The molecule has 0 saturated carbocycles. The van der Waals surface area contributed by atoms with Crippen molar-refractivity contribution in [3.05, 3.63) is 45.3 Å². The third-order valence-corrected chi connectivity index (χ3v) is 4.68. The SMILES string of the molecule is Cc1nc(N)ccc1NC(=O)c1cc2c(s1)C=CC(C)C2. The molecule has 21 heavy (non-hydrogen) atoms. The summed E-state index contributed by atoms with van der Waals surface area (Å²) in [6.07, 6.45) is 5.30. The summed E-state index contributed by atoms with van der Waals surface area (Å²) in [6.45, 7) is 4.01. The van der Waals surface area contributed by atoms with Gasteiger partial charge < -0.3 is 11.1 Å². The van der Waals surface area contributed by atoms with Crippen molar-refractivity contribution in [2.75, 3.05) is 11.1 Å². The fraction of sp³-hybridized carbons (Fsp3) is 0.250. The number of carbonyl (C=O) groups is 1. The number of carbonyl (C=O) groups excluding carboxylic acids is 1. The maximum absolute atomic E-state index is 12.4. The van der Waals surface area contributed by atoms with Crippen molar-refractivity contribution in [1.82, 2.24) is 4.98 Å². The minimum Gasteiger partial charge on any atom is -0.384 e. The van der Waals surface area contributed by atoms with Crippen LogP contribution >= 0.6 is 11.3 Å². The van der Waals surface area contributed by atoms with Crippen LogP contribution in [0.25, 0.3) is 6.08 Å². The number of fused-ring (bicyclic) bond motifs is 1. The molecule has 0 spiro atoms. The number of nitrogens with two attached hydrogens (primary N) is 1. The maximum Gasteiger partial charge on any atom is 0.265 e. The molecule has 4 nitrogen and oxygen atoms in total. The number of aryl methyl sites for hydroxylation is 1. The Balaban J connectivity index is 1.82. The molecular formula is C16H17N3OS. The molecule has 0 radical (unpaired) electrons. The van der Waals surface area contributed by atoms with Gasteiger partial charge in [-0.2, -0.15) is 0 Å². The van der Waals surface area contributed by atoms with Gasteiger partial charge >= 0.3 is 0 Å². The van der Waals surface area contributed by atoms with E-state index in [4.69, 9.17) is 5.73 Å². The maximum atomic E-state index is 12.4. The third kappa shape index (κ3) is 2.83. The highest BCUT2D eigenvalue weighted by Crippen LogP contribution is 2.31. The van der Waals surface area contributed by atoms with Crippen molar-refractivity contribution in [2.45, 2.75) is 20.3 Å². The molecule has 1 atom stereocenters. The van der Waals surface area contributed by atoms with Crippen molar-refractivity contribution in [3.63, 3.8) is 0 Å². The minimum absolute atomic E-state index is 0.0925. The molecule has 0 fully saturated rings. The zero-order chi connectivity index (χ0) is 15.0. The van der Waals surface area contributed by atoms with Gasteiger partial charge in [-0.05, 0) is 49.1 Å². The molecule has 2 heterocycles. The second-order valence-corrected chi connectivity index (χ2v) is 6.45. The normalized spacial score (nSPS) is 16.6. The Morgan fingerprint density at radius 2 is 2.29 bits per heavy atom. The van der Waals surface area contributed by atoms with Crippen molar-refractivity contribution < 1.29 is 4.79 Å². The Hall–Kier alpha value is -2.14. The van der Waals surface area contributed by atoms with Crippen LogP contribution in [0.4, 0.5) is 11.5 Å². The van der Waals surface area contributed by atoms with E-state index in [2.05, 4.69) is 29.4 Å². The molecule has 0 aromatic carbocycles. The zero-order valence-electron chi connectivity index (χ0n) is 12.0. The first-order valence-corrected chi connectivity index (χ1v) is 7.70. The molecule has 2 aromatic rings. The molecule has 2 aromatic heterocycles. The number of thiophene rings is 1. The molecule has 5 heteroatoms. The van der Waals surface area contributed by atoms with Gasteiger partial charge in [0, 0.05) is 4.88 Å². The van der Waals surface area contributed by atoms with Crippen LogP contribution < -0.4 is 11.1 Å². The predicted octanol–water partition coefficient (Wildman–Crippen LogP) is 3.49. The van der Waals surface area contributed by atoms with Crippen molar-refractivity contribution in [3.8, 4) is 0 Å². The molecule has 1 amide bonds. The highest BCUT2D eigenvalue weighted by molar-refractivity contribution is 7.15. The summed E-state index contributed by atoms with van der Waals surface area (Å²) in [5.41, 5.74) is 8.30. The average Bonchev–Trinajstić information content (AvgIpc) is 2.85. The number of hydrogen-bond donors (Lipinski definition) is 2. The lowest BCUT2D eigenvalue weighted by Gasteiger charge is -2.10. The Labute approximate surface area is 127 Å².